The van der Waals surface area contributed by atoms with Crippen molar-refractivity contribution in [1.29, 1.82) is 0 Å². The van der Waals surface area contributed by atoms with Crippen molar-refractivity contribution in [2.45, 2.75) is 11.3 Å². The minimum absolute atomic E-state index is 0.125. The lowest BCUT2D eigenvalue weighted by Gasteiger charge is -2.52. The number of anilines is 1. The minimum Gasteiger partial charge on any atom is -0.459 e. The Bertz CT molecular complexity index is 1870. The summed E-state index contributed by atoms with van der Waals surface area (Å²) >= 11 is 0. The second-order valence-corrected chi connectivity index (χ2v) is 10.7. The highest BCUT2D eigenvalue weighted by Crippen LogP contribution is 2.63. The molecular weight excluding hydrogens is 514 g/mol. The number of furan rings is 1. The number of nitrogens with one attached hydrogen (secondary N) is 1. The van der Waals surface area contributed by atoms with Gasteiger partial charge in [-0.25, -0.2) is 10.3 Å². The van der Waals surface area contributed by atoms with Gasteiger partial charge < -0.3 is 4.42 Å². The van der Waals surface area contributed by atoms with Gasteiger partial charge in [0.05, 0.1) is 29.2 Å². The Hall–Kier alpha value is -5.30. The van der Waals surface area contributed by atoms with Crippen LogP contribution in [0.1, 0.15) is 38.7 Å². The van der Waals surface area contributed by atoms with E-state index in [4.69, 9.17) is 4.42 Å². The summed E-state index contributed by atoms with van der Waals surface area (Å²) in [5.74, 6) is -2.52. The Labute approximate surface area is 235 Å². The molecule has 5 aromatic rings. The Kier molecular flexibility index (Phi) is 4.94. The molecule has 0 radical (unpaired) electrons. The number of fused-ring (bicyclic) bond motifs is 1. The maximum atomic E-state index is 14.6. The van der Waals surface area contributed by atoms with Gasteiger partial charge in [0.25, 0.3) is 0 Å². The highest BCUT2D eigenvalue weighted by Gasteiger charge is 2.68. The van der Waals surface area contributed by atoms with Gasteiger partial charge in [0, 0.05) is 17.5 Å². The van der Waals surface area contributed by atoms with Crippen LogP contribution in [0.15, 0.2) is 119 Å². The van der Waals surface area contributed by atoms with Crippen molar-refractivity contribution in [3.63, 3.8) is 0 Å². The van der Waals surface area contributed by atoms with Gasteiger partial charge in [-0.3, -0.25) is 14.4 Å². The molecule has 1 fully saturated rings. The summed E-state index contributed by atoms with van der Waals surface area (Å²) in [6.07, 6.45) is 3.07. The van der Waals surface area contributed by atoms with E-state index in [1.807, 2.05) is 91.0 Å². The van der Waals surface area contributed by atoms with Crippen LogP contribution in [0.5, 0.6) is 0 Å². The summed E-state index contributed by atoms with van der Waals surface area (Å²) in [5, 5.41) is 6.21. The molecule has 1 saturated heterocycles. The summed E-state index contributed by atoms with van der Waals surface area (Å²) in [6.45, 7) is 0. The fourth-order valence-corrected chi connectivity index (χ4v) is 7.35. The molecule has 1 N–H and O–H groups in total. The van der Waals surface area contributed by atoms with Gasteiger partial charge in [-0.05, 0) is 45.8 Å². The first-order valence-corrected chi connectivity index (χ1v) is 13.5. The molecule has 1 aliphatic heterocycles. The SMILES string of the molecule is O=C(N/N=C\C12c3ccccc3C(c3ccccc31)[C@H]1C(=O)N(c3cccc4ccccc34)C(=O)[C@@H]12)c1ccco1. The molecule has 2 heterocycles. The van der Waals surface area contributed by atoms with Crippen LogP contribution in [-0.4, -0.2) is 23.9 Å². The number of hydrazone groups is 1. The lowest BCUT2D eigenvalue weighted by molar-refractivity contribution is -0.122. The first-order valence-electron chi connectivity index (χ1n) is 13.5. The van der Waals surface area contributed by atoms with E-state index in [9.17, 15) is 14.4 Å². The van der Waals surface area contributed by atoms with E-state index in [0.717, 1.165) is 33.0 Å². The average molecular weight is 538 g/mol. The zero-order valence-electron chi connectivity index (χ0n) is 21.7. The van der Waals surface area contributed by atoms with Crippen molar-refractivity contribution < 1.29 is 18.8 Å². The van der Waals surface area contributed by atoms with Crippen molar-refractivity contribution >= 4 is 40.4 Å². The number of imide groups is 1. The number of hydrogen-bond acceptors (Lipinski definition) is 5. The maximum absolute atomic E-state index is 14.6. The van der Waals surface area contributed by atoms with Gasteiger partial charge >= 0.3 is 5.91 Å². The number of carbonyl (C=O) groups excluding carboxylic acids is 3. The highest BCUT2D eigenvalue weighted by atomic mass is 16.3. The molecule has 2 atom stereocenters. The van der Waals surface area contributed by atoms with Crippen LogP contribution in [0.4, 0.5) is 5.69 Å². The van der Waals surface area contributed by atoms with E-state index in [-0.39, 0.29) is 23.5 Å². The van der Waals surface area contributed by atoms with Crippen LogP contribution < -0.4 is 10.3 Å². The van der Waals surface area contributed by atoms with E-state index < -0.39 is 23.2 Å². The number of amides is 3. The Morgan fingerprint density at radius 3 is 2.22 bits per heavy atom. The minimum atomic E-state index is -1.07. The molecule has 1 aromatic heterocycles. The molecule has 7 heteroatoms. The van der Waals surface area contributed by atoms with E-state index in [1.165, 1.54) is 11.2 Å². The third-order valence-corrected chi connectivity index (χ3v) is 8.87. The van der Waals surface area contributed by atoms with Crippen molar-refractivity contribution in [2.24, 2.45) is 16.9 Å². The molecule has 41 heavy (non-hydrogen) atoms. The van der Waals surface area contributed by atoms with Gasteiger partial charge in [0.15, 0.2) is 5.76 Å². The maximum Gasteiger partial charge on any atom is 0.307 e. The van der Waals surface area contributed by atoms with Crippen molar-refractivity contribution in [1.82, 2.24) is 5.43 Å². The largest absolute Gasteiger partial charge is 0.459 e. The number of rotatable bonds is 4. The smallest absolute Gasteiger partial charge is 0.307 e. The fraction of sp³-hybridized carbons (Fsp3) is 0.118. The first kappa shape index (κ1) is 23.6. The molecule has 2 bridgehead atoms. The summed E-state index contributed by atoms with van der Waals surface area (Å²) in [6, 6.07) is 32.5. The van der Waals surface area contributed by atoms with Crippen molar-refractivity contribution in [3.05, 3.63) is 137 Å². The van der Waals surface area contributed by atoms with E-state index in [1.54, 1.807) is 18.3 Å². The Balaban J connectivity index is 1.34. The zero-order valence-corrected chi connectivity index (χ0v) is 21.7. The van der Waals surface area contributed by atoms with Crippen molar-refractivity contribution in [3.8, 4) is 0 Å². The van der Waals surface area contributed by atoms with Crippen LogP contribution in [-0.2, 0) is 15.0 Å². The summed E-state index contributed by atoms with van der Waals surface area (Å²) in [7, 11) is 0. The van der Waals surface area contributed by atoms with Gasteiger partial charge in [-0.1, -0.05) is 84.9 Å². The molecule has 3 aliphatic carbocycles. The van der Waals surface area contributed by atoms with Crippen LogP contribution in [0.2, 0.25) is 0 Å². The highest BCUT2D eigenvalue weighted by molar-refractivity contribution is 6.27. The quantitative estimate of drug-likeness (QED) is 0.189. The number of benzene rings is 4. The molecule has 0 unspecified atom stereocenters. The Morgan fingerprint density at radius 2 is 1.49 bits per heavy atom. The van der Waals surface area contributed by atoms with Gasteiger partial charge in [0.1, 0.15) is 0 Å². The van der Waals surface area contributed by atoms with Crippen LogP contribution in [0.3, 0.4) is 0 Å². The second kappa shape index (κ2) is 8.60. The number of carbonyl (C=O) groups is 3. The third-order valence-electron chi connectivity index (χ3n) is 8.87. The summed E-state index contributed by atoms with van der Waals surface area (Å²) < 4.78 is 5.22. The molecule has 0 spiro atoms. The lowest BCUT2D eigenvalue weighted by atomic mass is 9.47. The fourth-order valence-electron chi connectivity index (χ4n) is 7.35. The molecule has 4 aromatic carbocycles. The molecule has 3 amide bonds. The predicted octanol–water partition coefficient (Wildman–Crippen LogP) is 5.40. The molecule has 0 saturated carbocycles. The lowest BCUT2D eigenvalue weighted by Crippen LogP contribution is -2.54. The van der Waals surface area contributed by atoms with Crippen LogP contribution >= 0.6 is 0 Å². The van der Waals surface area contributed by atoms with Crippen molar-refractivity contribution in [2.75, 3.05) is 4.90 Å². The van der Waals surface area contributed by atoms with E-state index in [2.05, 4.69) is 10.5 Å². The molecule has 4 aliphatic rings. The van der Waals surface area contributed by atoms with Crippen LogP contribution in [0.25, 0.3) is 10.8 Å². The number of hydrogen-bond donors (Lipinski definition) is 1. The molecular formula is C34H23N3O4. The second-order valence-electron chi connectivity index (χ2n) is 10.7. The monoisotopic (exact) mass is 537 g/mol. The summed E-state index contributed by atoms with van der Waals surface area (Å²) in [4.78, 5) is 43.2. The standard InChI is InChI=1S/C34H23N3O4/c38-31(27-17-8-18-41-27)36-35-19-34-24-14-5-3-12-22(24)28(23-13-4-6-15-25(23)34)29-30(34)33(40)37(32(29)39)26-16-7-10-20-9-1-2-11-21(20)26/h1-19,28-30H,(H,36,38)/b35-19-/t28?,29-,30-,34?/m1/s1. The predicted molar refractivity (Wildman–Crippen MR) is 154 cm³/mol. The first-order chi connectivity index (χ1) is 20.1. The molecule has 7 nitrogen and oxygen atoms in total. The van der Waals surface area contributed by atoms with Gasteiger partial charge in [0.2, 0.25) is 11.8 Å². The van der Waals surface area contributed by atoms with Gasteiger partial charge in [-0.15, -0.1) is 0 Å². The summed E-state index contributed by atoms with van der Waals surface area (Å²) in [5.41, 5.74) is 5.91. The third kappa shape index (κ3) is 3.08. The van der Waals surface area contributed by atoms with E-state index >= 15 is 0 Å². The average Bonchev–Trinajstić information content (AvgIpc) is 3.65. The topological polar surface area (TPSA) is 92.0 Å². The number of nitrogens with zero attached hydrogens (tertiary/aromatic N) is 2. The van der Waals surface area contributed by atoms with E-state index in [0.29, 0.717) is 5.69 Å². The Morgan fingerprint density at radius 1 is 0.805 bits per heavy atom. The van der Waals surface area contributed by atoms with Gasteiger partial charge in [-0.2, -0.15) is 5.10 Å². The molecule has 198 valence electrons. The normalized spacial score (nSPS) is 24.0. The van der Waals surface area contributed by atoms with Crippen LogP contribution in [0, 0.1) is 11.8 Å². The molecule has 9 rings (SSSR count). The zero-order chi connectivity index (χ0) is 27.7.